The summed E-state index contributed by atoms with van der Waals surface area (Å²) in [5.41, 5.74) is 1.18. The largest absolute Gasteiger partial charge is 0.497 e. The molecule has 0 bridgehead atoms. The van der Waals surface area contributed by atoms with Crippen LogP contribution >= 0.6 is 11.3 Å². The van der Waals surface area contributed by atoms with E-state index in [1.165, 1.54) is 23.5 Å². The van der Waals surface area contributed by atoms with Gasteiger partial charge in [-0.25, -0.2) is 13.4 Å². The summed E-state index contributed by atoms with van der Waals surface area (Å²) in [6, 6.07) is 13.1. The van der Waals surface area contributed by atoms with Crippen LogP contribution in [0.1, 0.15) is 11.4 Å². The molecule has 2 amide bonds. The minimum atomic E-state index is -3.52. The van der Waals surface area contributed by atoms with Crippen LogP contribution in [0, 0.1) is 5.92 Å². The number of carbonyl (C=O) groups is 2. The van der Waals surface area contributed by atoms with Crippen LogP contribution < -0.4 is 15.0 Å². The van der Waals surface area contributed by atoms with Crippen LogP contribution in [-0.4, -0.2) is 38.9 Å². The van der Waals surface area contributed by atoms with Gasteiger partial charge in [-0.1, -0.05) is 0 Å². The van der Waals surface area contributed by atoms with E-state index >= 15 is 0 Å². The number of benzene rings is 2. The van der Waals surface area contributed by atoms with E-state index in [4.69, 9.17) is 4.74 Å². The van der Waals surface area contributed by atoms with Crippen molar-refractivity contribution in [2.75, 3.05) is 23.9 Å². The molecule has 2 heterocycles. The normalized spacial score (nSPS) is 16.2. The summed E-state index contributed by atoms with van der Waals surface area (Å²) < 4.78 is 30.2. The molecule has 0 aliphatic carbocycles. The highest BCUT2D eigenvalue weighted by Crippen LogP contribution is 2.28. The first kappa shape index (κ1) is 22.0. The van der Waals surface area contributed by atoms with Crippen LogP contribution in [0.25, 0.3) is 0 Å². The standard InChI is InChI=1S/C22H21N3O5S2/c1-30-18-6-4-17(5-7-18)25-13-15(12-21(25)26)22(27)24-16-2-8-19(9-3-16)32(28,29)14-20-23-10-11-31-20/h2-11,15H,12-14H2,1H3,(H,24,27). The van der Waals surface area contributed by atoms with Crippen LogP contribution in [0.4, 0.5) is 11.4 Å². The third-order valence-corrected chi connectivity index (χ3v) is 7.76. The zero-order valence-electron chi connectivity index (χ0n) is 17.2. The Kier molecular flexibility index (Phi) is 6.24. The van der Waals surface area contributed by atoms with E-state index < -0.39 is 15.8 Å². The van der Waals surface area contributed by atoms with Gasteiger partial charge in [0.25, 0.3) is 0 Å². The Morgan fingerprint density at radius 1 is 1.19 bits per heavy atom. The predicted molar refractivity (Wildman–Crippen MR) is 122 cm³/mol. The van der Waals surface area contributed by atoms with Crippen molar-refractivity contribution in [2.45, 2.75) is 17.1 Å². The molecule has 166 valence electrons. The van der Waals surface area contributed by atoms with Crippen LogP contribution in [0.2, 0.25) is 0 Å². The summed E-state index contributed by atoms with van der Waals surface area (Å²) in [5, 5.41) is 5.03. The fourth-order valence-corrected chi connectivity index (χ4v) is 5.71. The van der Waals surface area contributed by atoms with Crippen molar-refractivity contribution < 1.29 is 22.7 Å². The number of anilines is 2. The summed E-state index contributed by atoms with van der Waals surface area (Å²) in [6.07, 6.45) is 1.68. The third-order valence-electron chi connectivity index (χ3n) is 5.16. The molecule has 1 fully saturated rings. The third kappa shape index (κ3) is 4.81. The predicted octanol–water partition coefficient (Wildman–Crippen LogP) is 3.12. The number of aromatic nitrogens is 1. The Balaban J connectivity index is 1.39. The molecule has 0 saturated carbocycles. The maximum Gasteiger partial charge on any atom is 0.229 e. The Hall–Kier alpha value is -3.24. The molecule has 1 aliphatic rings. The number of carbonyl (C=O) groups excluding carboxylic acids is 2. The molecular weight excluding hydrogens is 450 g/mol. The minimum absolute atomic E-state index is 0.109. The van der Waals surface area contributed by atoms with Gasteiger partial charge in [-0.05, 0) is 48.5 Å². The van der Waals surface area contributed by atoms with Crippen molar-refractivity contribution in [1.29, 1.82) is 0 Å². The van der Waals surface area contributed by atoms with Crippen molar-refractivity contribution in [3.63, 3.8) is 0 Å². The Morgan fingerprint density at radius 2 is 1.91 bits per heavy atom. The number of amides is 2. The van der Waals surface area contributed by atoms with E-state index in [0.717, 1.165) is 0 Å². The molecule has 1 unspecified atom stereocenters. The molecule has 10 heteroatoms. The van der Waals surface area contributed by atoms with Crippen LogP contribution in [0.3, 0.4) is 0 Å². The number of nitrogens with one attached hydrogen (secondary N) is 1. The number of sulfone groups is 1. The van der Waals surface area contributed by atoms with E-state index in [0.29, 0.717) is 22.1 Å². The molecule has 32 heavy (non-hydrogen) atoms. The Labute approximate surface area is 189 Å². The van der Waals surface area contributed by atoms with Gasteiger partial charge < -0.3 is 15.0 Å². The van der Waals surface area contributed by atoms with E-state index in [-0.39, 0.29) is 35.4 Å². The maximum atomic E-state index is 12.7. The van der Waals surface area contributed by atoms with E-state index in [1.807, 2.05) is 0 Å². The monoisotopic (exact) mass is 471 g/mol. The fourth-order valence-electron chi connectivity index (χ4n) is 3.45. The number of nitrogens with zero attached hydrogens (tertiary/aromatic N) is 2. The topological polar surface area (TPSA) is 106 Å². The van der Waals surface area contributed by atoms with Gasteiger partial charge in [-0.2, -0.15) is 0 Å². The summed E-state index contributed by atoms with van der Waals surface area (Å²) >= 11 is 1.29. The van der Waals surface area contributed by atoms with Gasteiger partial charge >= 0.3 is 0 Å². The first-order valence-corrected chi connectivity index (χ1v) is 12.4. The summed E-state index contributed by atoms with van der Waals surface area (Å²) in [4.78, 5) is 30.9. The summed E-state index contributed by atoms with van der Waals surface area (Å²) in [5.74, 6) is -0.390. The van der Waals surface area contributed by atoms with Gasteiger partial charge in [-0.15, -0.1) is 11.3 Å². The van der Waals surface area contributed by atoms with Gasteiger partial charge in [0.1, 0.15) is 16.5 Å². The lowest BCUT2D eigenvalue weighted by atomic mass is 10.1. The molecule has 1 atom stereocenters. The average Bonchev–Trinajstić information content (AvgIpc) is 3.43. The highest BCUT2D eigenvalue weighted by atomic mass is 32.2. The molecule has 1 N–H and O–H groups in total. The van der Waals surface area contributed by atoms with Gasteiger partial charge in [0.15, 0.2) is 9.84 Å². The number of rotatable bonds is 7. The molecule has 0 radical (unpaired) electrons. The molecule has 1 aromatic heterocycles. The quantitative estimate of drug-likeness (QED) is 0.568. The van der Waals surface area contributed by atoms with Crippen LogP contribution in [0.15, 0.2) is 65.0 Å². The number of methoxy groups -OCH3 is 1. The van der Waals surface area contributed by atoms with Crippen molar-refractivity contribution >= 4 is 44.4 Å². The lowest BCUT2D eigenvalue weighted by Crippen LogP contribution is -2.28. The lowest BCUT2D eigenvalue weighted by Gasteiger charge is -2.17. The second kappa shape index (κ2) is 9.09. The molecule has 8 nitrogen and oxygen atoms in total. The molecule has 2 aromatic carbocycles. The Bertz CT molecular complexity index is 1210. The van der Waals surface area contributed by atoms with Crippen LogP contribution in [-0.2, 0) is 25.2 Å². The zero-order valence-corrected chi connectivity index (χ0v) is 18.9. The van der Waals surface area contributed by atoms with Crippen molar-refractivity contribution in [3.8, 4) is 5.75 Å². The smallest absolute Gasteiger partial charge is 0.229 e. The maximum absolute atomic E-state index is 12.7. The lowest BCUT2D eigenvalue weighted by molar-refractivity contribution is -0.122. The van der Waals surface area contributed by atoms with E-state index in [2.05, 4.69) is 10.3 Å². The second-order valence-electron chi connectivity index (χ2n) is 7.30. The average molecular weight is 472 g/mol. The minimum Gasteiger partial charge on any atom is -0.497 e. The first-order valence-electron chi connectivity index (χ1n) is 9.82. The number of ether oxygens (including phenoxy) is 1. The highest BCUT2D eigenvalue weighted by molar-refractivity contribution is 7.90. The van der Waals surface area contributed by atoms with E-state index in [1.54, 1.807) is 60.0 Å². The molecule has 0 spiro atoms. The van der Waals surface area contributed by atoms with Gasteiger partial charge in [0, 0.05) is 35.9 Å². The number of hydrogen-bond donors (Lipinski definition) is 1. The number of hydrogen-bond acceptors (Lipinski definition) is 7. The second-order valence-corrected chi connectivity index (χ2v) is 10.3. The van der Waals surface area contributed by atoms with Crippen molar-refractivity contribution in [2.24, 2.45) is 5.92 Å². The number of thiazole rings is 1. The fraction of sp³-hybridized carbons (Fsp3) is 0.227. The first-order chi connectivity index (χ1) is 15.4. The van der Waals surface area contributed by atoms with Gasteiger partial charge in [0.2, 0.25) is 11.8 Å². The molecule has 4 rings (SSSR count). The molecule has 1 saturated heterocycles. The zero-order chi connectivity index (χ0) is 22.7. The van der Waals surface area contributed by atoms with E-state index in [9.17, 15) is 18.0 Å². The SMILES string of the molecule is COc1ccc(N2CC(C(=O)Nc3ccc(S(=O)(=O)Cc4nccs4)cc3)CC2=O)cc1. The molecule has 1 aliphatic heterocycles. The van der Waals surface area contributed by atoms with Crippen molar-refractivity contribution in [3.05, 3.63) is 65.1 Å². The summed E-state index contributed by atoms with van der Waals surface area (Å²) in [6.45, 7) is 0.275. The summed E-state index contributed by atoms with van der Waals surface area (Å²) in [7, 11) is -1.95. The highest BCUT2D eigenvalue weighted by Gasteiger charge is 2.35. The van der Waals surface area contributed by atoms with Gasteiger partial charge in [-0.3, -0.25) is 9.59 Å². The molecular formula is C22H21N3O5S2. The van der Waals surface area contributed by atoms with Crippen molar-refractivity contribution in [1.82, 2.24) is 4.98 Å². The van der Waals surface area contributed by atoms with Gasteiger partial charge in [0.05, 0.1) is 17.9 Å². The molecule has 3 aromatic rings. The Morgan fingerprint density at radius 3 is 2.53 bits per heavy atom. The van der Waals surface area contributed by atoms with Crippen LogP contribution in [0.5, 0.6) is 5.75 Å².